The highest BCUT2D eigenvalue weighted by Gasteiger charge is 2.74. The number of hydrogen-bond acceptors (Lipinski definition) is 5. The van der Waals surface area contributed by atoms with Gasteiger partial charge in [-0.2, -0.15) is 0 Å². The highest BCUT2D eigenvalue weighted by atomic mass is 32.2. The number of carbonyl (C=O) groups is 3. The number of nitrogens with zero attached hydrogens (tertiary/aromatic N) is 1. The second-order valence-electron chi connectivity index (χ2n) is 9.39. The molecule has 30 heavy (non-hydrogen) atoms. The number of nitrogens with one attached hydrogen (secondary N) is 2. The van der Waals surface area contributed by atoms with Gasteiger partial charge in [-0.15, -0.1) is 11.8 Å². The van der Waals surface area contributed by atoms with Crippen LogP contribution in [-0.4, -0.2) is 69.0 Å². The van der Waals surface area contributed by atoms with Crippen molar-refractivity contribution in [2.24, 2.45) is 17.8 Å². The number of fused-ring (bicyclic) bond motifs is 1. The molecule has 3 N–H and O–H groups in total. The van der Waals surface area contributed by atoms with Crippen LogP contribution in [0.25, 0.3) is 0 Å². The van der Waals surface area contributed by atoms with Gasteiger partial charge in [0.05, 0.1) is 29.2 Å². The van der Waals surface area contributed by atoms with Crippen LogP contribution in [0.3, 0.4) is 0 Å². The van der Waals surface area contributed by atoms with Gasteiger partial charge in [0, 0.05) is 17.8 Å². The van der Waals surface area contributed by atoms with Crippen molar-refractivity contribution in [1.29, 1.82) is 0 Å². The summed E-state index contributed by atoms with van der Waals surface area (Å²) in [7, 11) is 0. The van der Waals surface area contributed by atoms with E-state index in [9.17, 15) is 19.5 Å². The third kappa shape index (κ3) is 3.64. The van der Waals surface area contributed by atoms with Crippen molar-refractivity contribution in [3.63, 3.8) is 0 Å². The fraction of sp³-hybridized carbons (Fsp3) is 0.864. The van der Waals surface area contributed by atoms with Crippen LogP contribution in [0.5, 0.6) is 0 Å². The molecule has 0 aliphatic carbocycles. The fourth-order valence-corrected chi connectivity index (χ4v) is 7.80. The number of amides is 3. The predicted octanol–water partition coefficient (Wildman–Crippen LogP) is 1.54. The Morgan fingerprint density at radius 2 is 1.97 bits per heavy atom. The van der Waals surface area contributed by atoms with E-state index in [4.69, 9.17) is 0 Å². The molecule has 8 heteroatoms. The van der Waals surface area contributed by atoms with Crippen molar-refractivity contribution >= 4 is 29.5 Å². The molecular weight excluding hydrogens is 402 g/mol. The lowest BCUT2D eigenvalue weighted by Gasteiger charge is -2.39. The smallest absolute Gasteiger partial charge is 0.244 e. The molecule has 3 fully saturated rings. The van der Waals surface area contributed by atoms with Gasteiger partial charge in [0.15, 0.2) is 0 Å². The summed E-state index contributed by atoms with van der Waals surface area (Å²) in [5, 5.41) is 16.3. The number of hydrogen-bond donors (Lipinski definition) is 3. The number of carbonyl (C=O) groups excluding carboxylic acids is 3. The number of rotatable bonds is 9. The van der Waals surface area contributed by atoms with Crippen LogP contribution >= 0.6 is 11.8 Å². The molecule has 1 spiro atoms. The minimum absolute atomic E-state index is 0.0478. The first-order chi connectivity index (χ1) is 14.2. The Hall–Kier alpha value is -1.28. The molecule has 3 aliphatic rings. The maximum atomic E-state index is 13.8. The van der Waals surface area contributed by atoms with Gasteiger partial charge in [-0.05, 0) is 39.0 Å². The van der Waals surface area contributed by atoms with Crippen LogP contribution in [0.2, 0.25) is 0 Å². The van der Waals surface area contributed by atoms with Crippen molar-refractivity contribution in [2.75, 3.05) is 13.2 Å². The molecule has 3 amide bonds. The first-order valence-corrected chi connectivity index (χ1v) is 12.3. The first-order valence-electron chi connectivity index (χ1n) is 11.4. The lowest BCUT2D eigenvalue weighted by atomic mass is 9.70. The second kappa shape index (κ2) is 9.07. The molecule has 0 radical (unpaired) electrons. The van der Waals surface area contributed by atoms with E-state index in [2.05, 4.69) is 10.6 Å². The molecule has 2 bridgehead atoms. The SMILES string of the molecule is CCCNC(=O)[C@@H]1[C@H]2C(=O)N([C@@H](CO)[C@@H](C)CC)C(C(=O)NC(C)C)C23CC[C@H]1S3. The molecule has 0 aromatic rings. The molecule has 3 aliphatic heterocycles. The number of thioether (sulfide) groups is 1. The summed E-state index contributed by atoms with van der Waals surface area (Å²) in [6, 6.07) is -1.12. The van der Waals surface area contributed by atoms with Crippen LogP contribution in [0.4, 0.5) is 0 Å². The number of aliphatic hydroxyl groups is 1. The van der Waals surface area contributed by atoms with Crippen molar-refractivity contribution in [3.8, 4) is 0 Å². The third-order valence-corrected chi connectivity index (χ3v) is 9.07. The van der Waals surface area contributed by atoms with Crippen LogP contribution in [0.15, 0.2) is 0 Å². The van der Waals surface area contributed by atoms with E-state index in [1.165, 1.54) is 0 Å². The minimum atomic E-state index is -0.650. The van der Waals surface area contributed by atoms with Crippen molar-refractivity contribution < 1.29 is 19.5 Å². The highest BCUT2D eigenvalue weighted by Crippen LogP contribution is 2.66. The molecule has 2 unspecified atom stereocenters. The molecule has 3 saturated heterocycles. The molecule has 7 atom stereocenters. The monoisotopic (exact) mass is 439 g/mol. The maximum absolute atomic E-state index is 13.8. The number of aliphatic hydroxyl groups excluding tert-OH is 1. The largest absolute Gasteiger partial charge is 0.394 e. The third-order valence-electron chi connectivity index (χ3n) is 7.11. The Bertz CT molecular complexity index is 687. The molecule has 3 rings (SSSR count). The summed E-state index contributed by atoms with van der Waals surface area (Å²) >= 11 is 1.67. The fourth-order valence-electron chi connectivity index (χ4n) is 5.59. The van der Waals surface area contributed by atoms with Gasteiger partial charge >= 0.3 is 0 Å². The van der Waals surface area contributed by atoms with Crippen molar-refractivity contribution in [1.82, 2.24) is 15.5 Å². The quantitative estimate of drug-likeness (QED) is 0.506. The summed E-state index contributed by atoms with van der Waals surface area (Å²) < 4.78 is -0.587. The topological polar surface area (TPSA) is 98.7 Å². The van der Waals surface area contributed by atoms with Crippen LogP contribution in [0, 0.1) is 17.8 Å². The Labute approximate surface area is 184 Å². The molecule has 7 nitrogen and oxygen atoms in total. The van der Waals surface area contributed by atoms with Crippen LogP contribution < -0.4 is 10.6 Å². The first kappa shape index (κ1) is 23.4. The summed E-state index contributed by atoms with van der Waals surface area (Å²) in [6.45, 7) is 10.3. The molecule has 170 valence electrons. The van der Waals surface area contributed by atoms with E-state index in [0.717, 1.165) is 25.7 Å². The molecule has 0 saturated carbocycles. The Kier molecular flexibility index (Phi) is 7.07. The van der Waals surface area contributed by atoms with E-state index < -0.39 is 28.7 Å². The molecule has 0 aromatic heterocycles. The van der Waals surface area contributed by atoms with Gasteiger partial charge in [-0.25, -0.2) is 0 Å². The second-order valence-corrected chi connectivity index (χ2v) is 11.0. The molecule has 3 heterocycles. The van der Waals surface area contributed by atoms with E-state index in [-0.39, 0.29) is 41.5 Å². The zero-order valence-electron chi connectivity index (χ0n) is 18.8. The van der Waals surface area contributed by atoms with Gasteiger partial charge in [0.2, 0.25) is 17.7 Å². The highest BCUT2D eigenvalue weighted by molar-refractivity contribution is 8.02. The van der Waals surface area contributed by atoms with Gasteiger partial charge in [-0.1, -0.05) is 27.2 Å². The minimum Gasteiger partial charge on any atom is -0.394 e. The van der Waals surface area contributed by atoms with E-state index in [1.807, 2.05) is 34.6 Å². The van der Waals surface area contributed by atoms with E-state index in [1.54, 1.807) is 16.7 Å². The predicted molar refractivity (Wildman–Crippen MR) is 118 cm³/mol. The molecular formula is C22H37N3O4S. The van der Waals surface area contributed by atoms with Crippen LogP contribution in [0.1, 0.15) is 60.3 Å². The summed E-state index contributed by atoms with van der Waals surface area (Å²) in [5.74, 6) is -1.21. The Morgan fingerprint density at radius 1 is 1.27 bits per heavy atom. The lowest BCUT2D eigenvalue weighted by Crippen LogP contribution is -2.58. The van der Waals surface area contributed by atoms with E-state index in [0.29, 0.717) is 6.54 Å². The summed E-state index contributed by atoms with van der Waals surface area (Å²) in [5.41, 5.74) is 0. The number of likely N-dealkylation sites (tertiary alicyclic amines) is 1. The van der Waals surface area contributed by atoms with Crippen molar-refractivity contribution in [3.05, 3.63) is 0 Å². The van der Waals surface area contributed by atoms with Gasteiger partial charge in [-0.3, -0.25) is 14.4 Å². The zero-order valence-corrected chi connectivity index (χ0v) is 19.6. The maximum Gasteiger partial charge on any atom is 0.244 e. The van der Waals surface area contributed by atoms with Crippen LogP contribution in [-0.2, 0) is 14.4 Å². The average molecular weight is 440 g/mol. The average Bonchev–Trinajstić information content (AvgIpc) is 3.33. The summed E-state index contributed by atoms with van der Waals surface area (Å²) in [4.78, 5) is 41.9. The van der Waals surface area contributed by atoms with Gasteiger partial charge in [0.1, 0.15) is 6.04 Å². The standard InChI is InChI=1S/C22H37N3O4S/c1-6-10-23-19(27)16-15-8-9-22(30-15)17(16)21(29)25(14(11-26)13(5)7-2)18(22)20(28)24-12(3)4/h12-18,26H,6-11H2,1-5H3,(H,23,27)(H,24,28)/t13-,14-,15+,16-,17-,18?,22?/m0/s1. The molecule has 0 aromatic carbocycles. The normalized spacial score (nSPS) is 34.2. The zero-order chi connectivity index (χ0) is 22.2. The van der Waals surface area contributed by atoms with Gasteiger partial charge < -0.3 is 20.6 Å². The van der Waals surface area contributed by atoms with Crippen molar-refractivity contribution in [2.45, 2.75) is 88.4 Å². The van der Waals surface area contributed by atoms with E-state index >= 15 is 0 Å². The Morgan fingerprint density at radius 3 is 2.53 bits per heavy atom. The lowest BCUT2D eigenvalue weighted by molar-refractivity contribution is -0.144. The Balaban J connectivity index is 2.03. The summed E-state index contributed by atoms with van der Waals surface area (Å²) in [6.07, 6.45) is 3.22. The van der Waals surface area contributed by atoms with Gasteiger partial charge in [0.25, 0.3) is 0 Å².